The van der Waals surface area contributed by atoms with E-state index in [1.165, 1.54) is 14.2 Å². The number of fused-ring (bicyclic) bond motifs is 2. The maximum atomic E-state index is 13.1. The number of benzene rings is 2. The minimum Gasteiger partial charge on any atom is -0.493 e. The Hall–Kier alpha value is -2.65. The molecule has 1 amide bonds. The van der Waals surface area contributed by atoms with Gasteiger partial charge >= 0.3 is 0 Å². The fourth-order valence-corrected chi connectivity index (χ4v) is 5.31. The van der Waals surface area contributed by atoms with Crippen LogP contribution >= 0.6 is 15.9 Å². The Balaban J connectivity index is 1.90. The highest BCUT2D eigenvalue weighted by molar-refractivity contribution is 9.10. The highest BCUT2D eigenvalue weighted by atomic mass is 79.9. The number of nitrogens with one attached hydrogen (secondary N) is 2. The zero-order valence-corrected chi connectivity index (χ0v) is 17.6. The summed E-state index contributed by atoms with van der Waals surface area (Å²) < 4.78 is 11.4. The number of hydrogen-bond donors (Lipinski definition) is 2. The molecule has 0 unspecified atom stereocenters. The lowest BCUT2D eigenvalue weighted by atomic mass is 9.78. The van der Waals surface area contributed by atoms with Crippen molar-refractivity contribution in [3.8, 4) is 11.5 Å². The largest absolute Gasteiger partial charge is 0.493 e. The molecule has 0 bridgehead atoms. The first-order valence-electron chi connectivity index (χ1n) is 9.08. The Bertz CT molecular complexity index is 1010. The minimum atomic E-state index is -1.44. The molecule has 9 heteroatoms. The van der Waals surface area contributed by atoms with Gasteiger partial charge in [0.25, 0.3) is 11.9 Å². The van der Waals surface area contributed by atoms with E-state index < -0.39 is 23.4 Å². The molecule has 2 aromatic rings. The van der Waals surface area contributed by atoms with Crippen LogP contribution in [0, 0.1) is 10.1 Å². The van der Waals surface area contributed by atoms with E-state index in [1.54, 1.807) is 36.4 Å². The van der Waals surface area contributed by atoms with Crippen molar-refractivity contribution in [2.75, 3.05) is 19.5 Å². The number of carbonyl (C=O) groups excluding carboxylic acids is 1. The summed E-state index contributed by atoms with van der Waals surface area (Å²) in [6.07, 6.45) is 0. The van der Waals surface area contributed by atoms with Crippen molar-refractivity contribution in [1.29, 1.82) is 0 Å². The number of ether oxygens (including phenoxy) is 2. The summed E-state index contributed by atoms with van der Waals surface area (Å²) in [6.45, 7) is 1.86. The predicted octanol–water partition coefficient (Wildman–Crippen LogP) is 3.03. The van der Waals surface area contributed by atoms with Gasteiger partial charge in [-0.3, -0.25) is 20.2 Å². The summed E-state index contributed by atoms with van der Waals surface area (Å²) >= 11 is 3.46. The average molecular weight is 462 g/mol. The topological polar surface area (TPSA) is 103 Å². The molecule has 0 aliphatic carbocycles. The first kappa shape index (κ1) is 19.7. The minimum absolute atomic E-state index is 0.340. The standard InChI is InChI=1S/C20H20BrN3O5/c1-10-16(11-8-13(21)17(29-3)15(9-11)28-2)18(24(26)27)20(23-10)12-6-4-5-7-14(12)22-19(20)25/h4-10,16,18,23H,1-3H3,(H,22,25)/t10-,16-,18+,20-/m0/s1. The molecule has 2 heterocycles. The van der Waals surface area contributed by atoms with E-state index in [2.05, 4.69) is 26.6 Å². The van der Waals surface area contributed by atoms with Crippen LogP contribution in [0.25, 0.3) is 0 Å². The van der Waals surface area contributed by atoms with Crippen molar-refractivity contribution in [2.45, 2.75) is 30.5 Å². The second kappa shape index (κ2) is 7.00. The number of halogens is 1. The second-order valence-corrected chi connectivity index (χ2v) is 8.09. The molecule has 4 atom stereocenters. The number of nitrogens with zero attached hydrogens (tertiary/aromatic N) is 1. The molecule has 8 nitrogen and oxygen atoms in total. The third-order valence-electron chi connectivity index (χ3n) is 5.80. The van der Waals surface area contributed by atoms with Crippen molar-refractivity contribution in [2.24, 2.45) is 0 Å². The van der Waals surface area contributed by atoms with Gasteiger partial charge in [0.05, 0.1) is 24.6 Å². The van der Waals surface area contributed by atoms with Gasteiger partial charge in [0.2, 0.25) is 0 Å². The van der Waals surface area contributed by atoms with Crippen molar-refractivity contribution < 1.29 is 19.2 Å². The van der Waals surface area contributed by atoms with Gasteiger partial charge in [0, 0.05) is 22.2 Å². The molecule has 2 aliphatic heterocycles. The van der Waals surface area contributed by atoms with Crippen LogP contribution in [0.15, 0.2) is 40.9 Å². The monoisotopic (exact) mass is 461 g/mol. The molecule has 0 radical (unpaired) electrons. The first-order chi connectivity index (χ1) is 13.8. The average Bonchev–Trinajstić information content (AvgIpc) is 3.15. The van der Waals surface area contributed by atoms with Crippen LogP contribution in [0.4, 0.5) is 5.69 Å². The van der Waals surface area contributed by atoms with Crippen LogP contribution in [0.5, 0.6) is 11.5 Å². The molecule has 1 saturated heterocycles. The quantitative estimate of drug-likeness (QED) is 0.535. The number of anilines is 1. The van der Waals surface area contributed by atoms with E-state index in [4.69, 9.17) is 9.47 Å². The second-order valence-electron chi connectivity index (χ2n) is 7.23. The highest BCUT2D eigenvalue weighted by Crippen LogP contribution is 2.51. The maximum Gasteiger partial charge on any atom is 0.256 e. The Morgan fingerprint density at radius 3 is 2.59 bits per heavy atom. The number of carbonyl (C=O) groups is 1. The molecule has 1 fully saturated rings. The van der Waals surface area contributed by atoms with Crippen molar-refractivity contribution >= 4 is 27.5 Å². The van der Waals surface area contributed by atoms with Crippen LogP contribution in [0.1, 0.15) is 24.0 Å². The number of hydrogen-bond acceptors (Lipinski definition) is 6. The van der Waals surface area contributed by atoms with Crippen LogP contribution in [0.2, 0.25) is 0 Å². The summed E-state index contributed by atoms with van der Waals surface area (Å²) in [4.78, 5) is 25.0. The van der Waals surface area contributed by atoms with E-state index in [-0.39, 0.29) is 11.0 Å². The lowest BCUT2D eigenvalue weighted by molar-refractivity contribution is -0.532. The summed E-state index contributed by atoms with van der Waals surface area (Å²) in [6, 6.07) is 9.07. The summed E-state index contributed by atoms with van der Waals surface area (Å²) in [5.41, 5.74) is 0.438. The molecule has 4 rings (SSSR count). The van der Waals surface area contributed by atoms with E-state index in [0.717, 1.165) is 0 Å². The maximum absolute atomic E-state index is 13.1. The van der Waals surface area contributed by atoms with Gasteiger partial charge in [-0.2, -0.15) is 0 Å². The van der Waals surface area contributed by atoms with E-state index in [1.807, 2.05) is 6.92 Å². The summed E-state index contributed by atoms with van der Waals surface area (Å²) in [5.74, 6) is -0.0121. The fourth-order valence-electron chi connectivity index (χ4n) is 4.68. The Labute approximate surface area is 175 Å². The third kappa shape index (κ3) is 2.71. The smallest absolute Gasteiger partial charge is 0.256 e. The zero-order valence-electron chi connectivity index (χ0n) is 16.1. The Morgan fingerprint density at radius 1 is 1.21 bits per heavy atom. The molecule has 2 N–H and O–H groups in total. The van der Waals surface area contributed by atoms with E-state index in [0.29, 0.717) is 32.8 Å². The highest BCUT2D eigenvalue weighted by Gasteiger charge is 2.67. The van der Waals surface area contributed by atoms with Gasteiger partial charge in [-0.05, 0) is 46.6 Å². The molecular weight excluding hydrogens is 442 g/mol. The zero-order chi connectivity index (χ0) is 20.9. The van der Waals surface area contributed by atoms with Gasteiger partial charge in [-0.25, -0.2) is 0 Å². The number of amides is 1. The molecule has 152 valence electrons. The van der Waals surface area contributed by atoms with Gasteiger partial charge in [0.1, 0.15) is 0 Å². The molecule has 1 spiro atoms. The Morgan fingerprint density at radius 2 is 1.93 bits per heavy atom. The van der Waals surface area contributed by atoms with Crippen LogP contribution in [-0.2, 0) is 10.3 Å². The van der Waals surface area contributed by atoms with Crippen molar-refractivity contribution in [3.05, 3.63) is 62.1 Å². The number of para-hydroxylation sites is 1. The molecular formula is C20H20BrN3O5. The normalized spacial score (nSPS) is 27.6. The lowest BCUT2D eigenvalue weighted by Crippen LogP contribution is -2.54. The number of methoxy groups -OCH3 is 2. The van der Waals surface area contributed by atoms with Gasteiger partial charge in [-0.15, -0.1) is 0 Å². The molecule has 0 aromatic heterocycles. The van der Waals surface area contributed by atoms with E-state index >= 15 is 0 Å². The molecule has 2 aliphatic rings. The SMILES string of the molecule is COc1cc([C@@H]2[C@H](C)N[C@]3(C(=O)Nc4ccccc43)[C@@H]2[N+](=O)[O-])cc(Br)c1OC. The molecule has 0 saturated carbocycles. The van der Waals surface area contributed by atoms with E-state index in [9.17, 15) is 14.9 Å². The predicted molar refractivity (Wildman–Crippen MR) is 110 cm³/mol. The lowest BCUT2D eigenvalue weighted by Gasteiger charge is -2.25. The molecule has 2 aromatic carbocycles. The van der Waals surface area contributed by atoms with Crippen LogP contribution in [-0.4, -0.2) is 37.1 Å². The fraction of sp³-hybridized carbons (Fsp3) is 0.350. The Kier molecular flexibility index (Phi) is 4.74. The van der Waals surface area contributed by atoms with Gasteiger partial charge in [-0.1, -0.05) is 18.2 Å². The molecule has 29 heavy (non-hydrogen) atoms. The van der Waals surface area contributed by atoms with Crippen LogP contribution < -0.4 is 20.1 Å². The number of rotatable bonds is 4. The number of nitro groups is 1. The van der Waals surface area contributed by atoms with Gasteiger partial charge < -0.3 is 14.8 Å². The van der Waals surface area contributed by atoms with Crippen molar-refractivity contribution in [1.82, 2.24) is 5.32 Å². The van der Waals surface area contributed by atoms with Crippen LogP contribution in [0.3, 0.4) is 0 Å². The first-order valence-corrected chi connectivity index (χ1v) is 9.88. The van der Waals surface area contributed by atoms with Crippen molar-refractivity contribution in [3.63, 3.8) is 0 Å². The van der Waals surface area contributed by atoms with Gasteiger partial charge in [0.15, 0.2) is 17.0 Å². The summed E-state index contributed by atoms with van der Waals surface area (Å²) in [5, 5.41) is 18.4. The third-order valence-corrected chi connectivity index (χ3v) is 6.39. The summed E-state index contributed by atoms with van der Waals surface area (Å²) in [7, 11) is 3.04.